The van der Waals surface area contributed by atoms with Crippen LogP contribution in [0.15, 0.2) is 30.3 Å². The van der Waals surface area contributed by atoms with Crippen LogP contribution in [0.2, 0.25) is 0 Å². The van der Waals surface area contributed by atoms with Gasteiger partial charge in [-0.1, -0.05) is 43.2 Å². The molecule has 2 nitrogen and oxygen atoms in total. The van der Waals surface area contributed by atoms with Crippen molar-refractivity contribution in [3.63, 3.8) is 0 Å². The normalized spacial score (nSPS) is 17.0. The van der Waals surface area contributed by atoms with Crippen LogP contribution in [-0.4, -0.2) is 5.91 Å². The molecule has 0 atom stereocenters. The van der Waals surface area contributed by atoms with Gasteiger partial charge in [0.1, 0.15) is 0 Å². The summed E-state index contributed by atoms with van der Waals surface area (Å²) >= 11 is 0. The van der Waals surface area contributed by atoms with Crippen molar-refractivity contribution in [1.29, 1.82) is 0 Å². The topological polar surface area (TPSA) is 43.1 Å². The molecule has 0 heterocycles. The van der Waals surface area contributed by atoms with E-state index in [2.05, 4.69) is 0 Å². The molecule has 1 aromatic rings. The molecule has 0 aromatic heterocycles. The first kappa shape index (κ1) is 15.3. The van der Waals surface area contributed by atoms with E-state index in [1.807, 2.05) is 30.3 Å². The lowest BCUT2D eigenvalue weighted by Gasteiger charge is -2.25. The zero-order valence-electron chi connectivity index (χ0n) is 9.02. The van der Waals surface area contributed by atoms with Gasteiger partial charge in [0.25, 0.3) is 0 Å². The highest BCUT2D eigenvalue weighted by molar-refractivity contribution is 5.87. The molecule has 1 aliphatic rings. The Kier molecular flexibility index (Phi) is 5.84. The van der Waals surface area contributed by atoms with Gasteiger partial charge >= 0.3 is 0 Å². The Bertz CT molecular complexity index is 334. The number of hydrogen-bond acceptors (Lipinski definition) is 1. The van der Waals surface area contributed by atoms with Gasteiger partial charge < -0.3 is 5.73 Å². The number of primary amides is 1. The van der Waals surface area contributed by atoms with E-state index in [1.165, 1.54) is 0 Å². The highest BCUT2D eigenvalue weighted by atomic mass is 35.5. The molecule has 2 N–H and O–H groups in total. The van der Waals surface area contributed by atoms with E-state index in [4.69, 9.17) is 5.73 Å². The van der Waals surface area contributed by atoms with Gasteiger partial charge in [-0.05, 0) is 18.4 Å². The number of hydrogen-bond donors (Lipinski definition) is 1. The second kappa shape index (κ2) is 6.12. The lowest BCUT2D eigenvalue weighted by Crippen LogP contribution is -2.38. The van der Waals surface area contributed by atoms with Crippen LogP contribution in [0.1, 0.15) is 31.2 Å². The van der Waals surface area contributed by atoms with Crippen LogP contribution in [0, 0.1) is 0 Å². The molecule has 0 radical (unpaired) electrons. The molecular formula is C12H17Cl2NO. The summed E-state index contributed by atoms with van der Waals surface area (Å²) in [4.78, 5) is 11.5. The lowest BCUT2D eigenvalue weighted by molar-refractivity contribution is -0.123. The van der Waals surface area contributed by atoms with Crippen molar-refractivity contribution >= 4 is 30.7 Å². The molecule has 2 rings (SSSR count). The van der Waals surface area contributed by atoms with Crippen LogP contribution in [0.25, 0.3) is 0 Å². The Hall–Kier alpha value is -0.730. The first-order chi connectivity index (χ1) is 6.76. The molecule has 0 spiro atoms. The molecule has 16 heavy (non-hydrogen) atoms. The zero-order valence-corrected chi connectivity index (χ0v) is 10.7. The fourth-order valence-corrected chi connectivity index (χ4v) is 2.41. The van der Waals surface area contributed by atoms with Crippen LogP contribution >= 0.6 is 24.8 Å². The molecule has 1 saturated carbocycles. The van der Waals surface area contributed by atoms with Gasteiger partial charge in [-0.3, -0.25) is 4.79 Å². The van der Waals surface area contributed by atoms with E-state index in [0.29, 0.717) is 0 Å². The molecule has 1 fully saturated rings. The van der Waals surface area contributed by atoms with Gasteiger partial charge in [-0.2, -0.15) is 0 Å². The predicted octanol–water partition coefficient (Wildman–Crippen LogP) is 2.83. The highest BCUT2D eigenvalue weighted by Gasteiger charge is 2.40. The molecular weight excluding hydrogens is 245 g/mol. The molecule has 0 bridgehead atoms. The summed E-state index contributed by atoms with van der Waals surface area (Å²) in [6, 6.07) is 9.93. The van der Waals surface area contributed by atoms with Gasteiger partial charge in [0.2, 0.25) is 5.91 Å². The second-order valence-corrected chi connectivity index (χ2v) is 4.02. The SMILES string of the molecule is Cl.Cl.NC(=O)C1(c2ccccc2)CCCC1. The summed E-state index contributed by atoms with van der Waals surface area (Å²) in [5, 5.41) is 0. The quantitative estimate of drug-likeness (QED) is 0.875. The largest absolute Gasteiger partial charge is 0.369 e. The molecule has 1 aromatic carbocycles. The number of rotatable bonds is 2. The predicted molar refractivity (Wildman–Crippen MR) is 70.3 cm³/mol. The average molecular weight is 262 g/mol. The summed E-state index contributed by atoms with van der Waals surface area (Å²) < 4.78 is 0. The molecule has 90 valence electrons. The fraction of sp³-hybridized carbons (Fsp3) is 0.417. The van der Waals surface area contributed by atoms with E-state index < -0.39 is 0 Å². The molecule has 0 saturated heterocycles. The Balaban J connectivity index is 0.00000112. The van der Waals surface area contributed by atoms with Crippen molar-refractivity contribution in [2.24, 2.45) is 5.73 Å². The van der Waals surface area contributed by atoms with E-state index in [-0.39, 0.29) is 36.1 Å². The third kappa shape index (κ3) is 2.50. The smallest absolute Gasteiger partial charge is 0.228 e. The van der Waals surface area contributed by atoms with Crippen LogP contribution in [-0.2, 0) is 10.2 Å². The monoisotopic (exact) mass is 261 g/mol. The minimum absolute atomic E-state index is 0. The standard InChI is InChI=1S/C12H15NO.2ClH/c13-11(14)12(8-4-5-9-12)10-6-2-1-3-7-10;;/h1-3,6-7H,4-5,8-9H2,(H2,13,14);2*1H. The van der Waals surface area contributed by atoms with Crippen LogP contribution in [0.4, 0.5) is 0 Å². The maximum absolute atomic E-state index is 11.5. The second-order valence-electron chi connectivity index (χ2n) is 4.02. The number of carbonyl (C=O) groups excluding carboxylic acids is 1. The number of nitrogens with two attached hydrogens (primary N) is 1. The van der Waals surface area contributed by atoms with Crippen molar-refractivity contribution in [1.82, 2.24) is 0 Å². The van der Waals surface area contributed by atoms with Crippen LogP contribution in [0.5, 0.6) is 0 Å². The van der Waals surface area contributed by atoms with Crippen molar-refractivity contribution in [2.75, 3.05) is 0 Å². The van der Waals surface area contributed by atoms with Gasteiger partial charge in [0.15, 0.2) is 0 Å². The highest BCUT2D eigenvalue weighted by Crippen LogP contribution is 2.40. The van der Waals surface area contributed by atoms with E-state index in [0.717, 1.165) is 31.2 Å². The van der Waals surface area contributed by atoms with E-state index >= 15 is 0 Å². The first-order valence-electron chi connectivity index (χ1n) is 5.11. The Morgan fingerprint density at radius 3 is 2.00 bits per heavy atom. The average Bonchev–Trinajstić information content (AvgIpc) is 2.69. The summed E-state index contributed by atoms with van der Waals surface area (Å²) in [5.41, 5.74) is 6.24. The van der Waals surface area contributed by atoms with Crippen molar-refractivity contribution in [2.45, 2.75) is 31.1 Å². The molecule has 4 heteroatoms. The fourth-order valence-electron chi connectivity index (χ4n) is 2.41. The lowest BCUT2D eigenvalue weighted by atomic mass is 9.78. The molecule has 1 amide bonds. The van der Waals surface area contributed by atoms with Gasteiger partial charge in [-0.25, -0.2) is 0 Å². The van der Waals surface area contributed by atoms with Crippen molar-refractivity contribution < 1.29 is 4.79 Å². The third-order valence-electron chi connectivity index (χ3n) is 3.26. The van der Waals surface area contributed by atoms with Gasteiger partial charge in [-0.15, -0.1) is 24.8 Å². The number of halogens is 2. The van der Waals surface area contributed by atoms with Gasteiger partial charge in [0, 0.05) is 0 Å². The number of amides is 1. The Labute approximate surface area is 108 Å². The third-order valence-corrected chi connectivity index (χ3v) is 3.26. The summed E-state index contributed by atoms with van der Waals surface area (Å²) in [6.45, 7) is 0. The summed E-state index contributed by atoms with van der Waals surface area (Å²) in [6.07, 6.45) is 4.04. The van der Waals surface area contributed by atoms with Crippen LogP contribution < -0.4 is 5.73 Å². The zero-order chi connectivity index (χ0) is 10.0. The van der Waals surface area contributed by atoms with Crippen molar-refractivity contribution in [3.05, 3.63) is 35.9 Å². The Morgan fingerprint density at radius 1 is 1.06 bits per heavy atom. The first-order valence-corrected chi connectivity index (χ1v) is 5.11. The van der Waals surface area contributed by atoms with E-state index in [1.54, 1.807) is 0 Å². The van der Waals surface area contributed by atoms with Crippen LogP contribution in [0.3, 0.4) is 0 Å². The minimum atomic E-state index is -0.374. The maximum Gasteiger partial charge on any atom is 0.228 e. The molecule has 0 aliphatic heterocycles. The summed E-state index contributed by atoms with van der Waals surface area (Å²) in [7, 11) is 0. The molecule has 0 unspecified atom stereocenters. The number of carbonyl (C=O) groups is 1. The van der Waals surface area contributed by atoms with E-state index in [9.17, 15) is 4.79 Å². The number of benzene rings is 1. The minimum Gasteiger partial charge on any atom is -0.369 e. The van der Waals surface area contributed by atoms with Gasteiger partial charge in [0.05, 0.1) is 5.41 Å². The van der Waals surface area contributed by atoms with Crippen molar-refractivity contribution in [3.8, 4) is 0 Å². The molecule has 1 aliphatic carbocycles. The summed E-state index contributed by atoms with van der Waals surface area (Å²) in [5.74, 6) is -0.166. The Morgan fingerprint density at radius 2 is 1.56 bits per heavy atom. The maximum atomic E-state index is 11.5.